The zero-order valence-electron chi connectivity index (χ0n) is 9.13. The SMILES string of the molecule is COC(=O)C1(c2cccc(Cl)c2)CCCN1. The van der Waals surface area contributed by atoms with Crippen molar-refractivity contribution in [3.8, 4) is 0 Å². The van der Waals surface area contributed by atoms with Crippen LogP contribution in [-0.4, -0.2) is 19.6 Å². The number of esters is 1. The first-order valence-corrected chi connectivity index (χ1v) is 5.66. The van der Waals surface area contributed by atoms with Gasteiger partial charge in [0.05, 0.1) is 7.11 Å². The Labute approximate surface area is 99.7 Å². The van der Waals surface area contributed by atoms with Crippen molar-refractivity contribution in [1.82, 2.24) is 5.32 Å². The molecule has 0 bridgehead atoms. The summed E-state index contributed by atoms with van der Waals surface area (Å²) in [5.74, 6) is -0.243. The van der Waals surface area contributed by atoms with Gasteiger partial charge in [0.25, 0.3) is 0 Å². The van der Waals surface area contributed by atoms with Gasteiger partial charge in [0, 0.05) is 5.02 Å². The topological polar surface area (TPSA) is 38.3 Å². The molecule has 1 fully saturated rings. The third-order valence-electron chi connectivity index (χ3n) is 3.01. The van der Waals surface area contributed by atoms with Gasteiger partial charge in [-0.3, -0.25) is 5.32 Å². The van der Waals surface area contributed by atoms with E-state index in [2.05, 4.69) is 5.32 Å². The lowest BCUT2D eigenvalue weighted by Crippen LogP contribution is -2.45. The number of carbonyl (C=O) groups excluding carboxylic acids is 1. The van der Waals surface area contributed by atoms with Crippen molar-refractivity contribution in [1.29, 1.82) is 0 Å². The van der Waals surface area contributed by atoms with E-state index >= 15 is 0 Å². The van der Waals surface area contributed by atoms with E-state index in [9.17, 15) is 4.79 Å². The minimum absolute atomic E-state index is 0.243. The number of carbonyl (C=O) groups is 1. The van der Waals surface area contributed by atoms with E-state index in [1.807, 2.05) is 18.2 Å². The number of hydrogen-bond donors (Lipinski definition) is 1. The standard InChI is InChI=1S/C12H14ClNO2/c1-16-11(15)12(6-3-7-14-12)9-4-2-5-10(13)8-9/h2,4-5,8,14H,3,6-7H2,1H3. The van der Waals surface area contributed by atoms with Gasteiger partial charge in [-0.15, -0.1) is 0 Å². The molecule has 1 aromatic carbocycles. The third kappa shape index (κ3) is 1.81. The summed E-state index contributed by atoms with van der Waals surface area (Å²) in [6.07, 6.45) is 1.71. The van der Waals surface area contributed by atoms with Crippen LogP contribution in [0.1, 0.15) is 18.4 Å². The molecule has 1 atom stereocenters. The van der Waals surface area contributed by atoms with E-state index in [1.54, 1.807) is 6.07 Å². The Kier molecular flexibility index (Phi) is 3.17. The fraction of sp³-hybridized carbons (Fsp3) is 0.417. The maximum Gasteiger partial charge on any atom is 0.330 e. The van der Waals surface area contributed by atoms with Crippen molar-refractivity contribution in [3.05, 3.63) is 34.9 Å². The third-order valence-corrected chi connectivity index (χ3v) is 3.24. The Hall–Kier alpha value is -1.06. The first-order chi connectivity index (χ1) is 7.69. The number of hydrogen-bond acceptors (Lipinski definition) is 3. The maximum atomic E-state index is 11.9. The minimum atomic E-state index is -0.709. The van der Waals surface area contributed by atoms with Gasteiger partial charge in [-0.05, 0) is 37.1 Å². The molecule has 0 amide bonds. The lowest BCUT2D eigenvalue weighted by molar-refractivity contribution is -0.148. The van der Waals surface area contributed by atoms with E-state index in [4.69, 9.17) is 16.3 Å². The number of halogens is 1. The van der Waals surface area contributed by atoms with Crippen LogP contribution in [0.2, 0.25) is 5.02 Å². The van der Waals surface area contributed by atoms with Crippen LogP contribution in [0.5, 0.6) is 0 Å². The molecule has 1 aliphatic rings. The van der Waals surface area contributed by atoms with Gasteiger partial charge in [0.2, 0.25) is 0 Å². The second-order valence-corrected chi connectivity index (χ2v) is 4.37. The van der Waals surface area contributed by atoms with Crippen LogP contribution in [-0.2, 0) is 15.1 Å². The van der Waals surface area contributed by atoms with Gasteiger partial charge in [-0.25, -0.2) is 4.79 Å². The molecule has 1 saturated heterocycles. The molecular formula is C12H14ClNO2. The van der Waals surface area contributed by atoms with E-state index in [-0.39, 0.29) is 5.97 Å². The Morgan fingerprint density at radius 1 is 1.56 bits per heavy atom. The van der Waals surface area contributed by atoms with Gasteiger partial charge in [0.1, 0.15) is 5.54 Å². The molecule has 1 unspecified atom stereocenters. The Balaban J connectivity index is 2.43. The summed E-state index contributed by atoms with van der Waals surface area (Å²) in [7, 11) is 1.41. The molecule has 1 aliphatic heterocycles. The number of ether oxygens (including phenoxy) is 1. The van der Waals surface area contributed by atoms with Crippen LogP contribution in [0.25, 0.3) is 0 Å². The summed E-state index contributed by atoms with van der Waals surface area (Å²) in [6.45, 7) is 0.821. The monoisotopic (exact) mass is 239 g/mol. The highest BCUT2D eigenvalue weighted by Gasteiger charge is 2.43. The highest BCUT2D eigenvalue weighted by molar-refractivity contribution is 6.30. The van der Waals surface area contributed by atoms with E-state index in [0.29, 0.717) is 5.02 Å². The molecule has 1 aromatic rings. The Morgan fingerprint density at radius 2 is 2.38 bits per heavy atom. The fourth-order valence-electron chi connectivity index (χ4n) is 2.21. The van der Waals surface area contributed by atoms with Crippen LogP contribution < -0.4 is 5.32 Å². The average molecular weight is 240 g/mol. The predicted molar refractivity (Wildman–Crippen MR) is 62.4 cm³/mol. The summed E-state index contributed by atoms with van der Waals surface area (Å²) < 4.78 is 4.89. The lowest BCUT2D eigenvalue weighted by Gasteiger charge is -2.27. The second kappa shape index (κ2) is 4.44. The van der Waals surface area contributed by atoms with Crippen LogP contribution in [0.3, 0.4) is 0 Å². The molecule has 0 saturated carbocycles. The van der Waals surface area contributed by atoms with E-state index < -0.39 is 5.54 Å². The zero-order chi connectivity index (χ0) is 11.6. The van der Waals surface area contributed by atoms with E-state index in [1.165, 1.54) is 7.11 Å². The molecule has 16 heavy (non-hydrogen) atoms. The molecular weight excluding hydrogens is 226 g/mol. The summed E-state index contributed by atoms with van der Waals surface area (Å²) >= 11 is 5.95. The number of rotatable bonds is 2. The van der Waals surface area contributed by atoms with Gasteiger partial charge >= 0.3 is 5.97 Å². The summed E-state index contributed by atoms with van der Waals surface area (Å²) in [4.78, 5) is 11.9. The molecule has 0 aliphatic carbocycles. The van der Waals surface area contributed by atoms with Crippen molar-refractivity contribution in [2.75, 3.05) is 13.7 Å². The number of benzene rings is 1. The number of nitrogens with one attached hydrogen (secondary N) is 1. The largest absolute Gasteiger partial charge is 0.467 e. The summed E-state index contributed by atoms with van der Waals surface area (Å²) in [5.41, 5.74) is 0.170. The normalized spacial score (nSPS) is 24.4. The van der Waals surface area contributed by atoms with Gasteiger partial charge in [-0.2, -0.15) is 0 Å². The van der Waals surface area contributed by atoms with Gasteiger partial charge in [0.15, 0.2) is 0 Å². The predicted octanol–water partition coefficient (Wildman–Crippen LogP) is 2.09. The van der Waals surface area contributed by atoms with Crippen molar-refractivity contribution < 1.29 is 9.53 Å². The fourth-order valence-corrected chi connectivity index (χ4v) is 2.40. The summed E-state index contributed by atoms with van der Waals surface area (Å²) in [5, 5.41) is 3.86. The first kappa shape index (κ1) is 11.4. The molecule has 86 valence electrons. The van der Waals surface area contributed by atoms with Crippen LogP contribution in [0.15, 0.2) is 24.3 Å². The van der Waals surface area contributed by atoms with Crippen LogP contribution in [0.4, 0.5) is 0 Å². The molecule has 0 radical (unpaired) electrons. The van der Waals surface area contributed by atoms with Crippen molar-refractivity contribution >= 4 is 17.6 Å². The van der Waals surface area contributed by atoms with Crippen LogP contribution in [0, 0.1) is 0 Å². The van der Waals surface area contributed by atoms with Crippen molar-refractivity contribution in [2.45, 2.75) is 18.4 Å². The minimum Gasteiger partial charge on any atom is -0.467 e. The molecule has 4 heteroatoms. The highest BCUT2D eigenvalue weighted by atomic mass is 35.5. The van der Waals surface area contributed by atoms with Crippen molar-refractivity contribution in [3.63, 3.8) is 0 Å². The first-order valence-electron chi connectivity index (χ1n) is 5.28. The lowest BCUT2D eigenvalue weighted by atomic mass is 9.88. The highest BCUT2D eigenvalue weighted by Crippen LogP contribution is 2.33. The average Bonchev–Trinajstić information content (AvgIpc) is 2.78. The zero-order valence-corrected chi connectivity index (χ0v) is 9.88. The summed E-state index contributed by atoms with van der Waals surface area (Å²) in [6, 6.07) is 7.37. The maximum absolute atomic E-state index is 11.9. The van der Waals surface area contributed by atoms with Gasteiger partial charge in [-0.1, -0.05) is 23.7 Å². The smallest absolute Gasteiger partial charge is 0.330 e. The molecule has 2 rings (SSSR count). The number of methoxy groups -OCH3 is 1. The molecule has 0 aromatic heterocycles. The quantitative estimate of drug-likeness (QED) is 0.804. The second-order valence-electron chi connectivity index (χ2n) is 3.94. The Morgan fingerprint density at radius 3 is 2.94 bits per heavy atom. The molecule has 1 heterocycles. The van der Waals surface area contributed by atoms with Gasteiger partial charge < -0.3 is 4.74 Å². The van der Waals surface area contributed by atoms with E-state index in [0.717, 1.165) is 24.9 Å². The molecule has 1 N–H and O–H groups in total. The van der Waals surface area contributed by atoms with Crippen molar-refractivity contribution in [2.24, 2.45) is 0 Å². The van der Waals surface area contributed by atoms with Crippen LogP contribution >= 0.6 is 11.6 Å². The molecule has 3 nitrogen and oxygen atoms in total. The molecule has 0 spiro atoms. The Bertz CT molecular complexity index is 400.